The number of carbonyl (C=O) groups is 1. The second-order valence-electron chi connectivity index (χ2n) is 7.43. The molecule has 0 atom stereocenters. The zero-order chi connectivity index (χ0) is 22.6. The average Bonchev–Trinajstić information content (AvgIpc) is 2.63. The van der Waals surface area contributed by atoms with Gasteiger partial charge in [-0.05, 0) is 55.7 Å². The molecule has 0 spiro atoms. The molecule has 3 nitrogen and oxygen atoms in total. The van der Waals surface area contributed by atoms with E-state index in [4.69, 9.17) is 16.3 Å². The summed E-state index contributed by atoms with van der Waals surface area (Å²) < 4.78 is 20.6. The largest absolute Gasteiger partial charge is 0.489 e. The van der Waals surface area contributed by atoms with Crippen molar-refractivity contribution in [3.8, 4) is 5.75 Å². The molecule has 0 radical (unpaired) electrons. The first kappa shape index (κ1) is 23.4. The number of ether oxygens (including phenoxy) is 1. The highest BCUT2D eigenvalue weighted by Crippen LogP contribution is 2.36. The number of allylic oxidation sites excluding steroid dienone is 3. The molecule has 0 aliphatic heterocycles. The van der Waals surface area contributed by atoms with E-state index < -0.39 is 11.6 Å². The van der Waals surface area contributed by atoms with Crippen LogP contribution in [0.25, 0.3) is 5.57 Å². The zero-order valence-electron chi connectivity index (χ0n) is 18.1. The van der Waals surface area contributed by atoms with Gasteiger partial charge in [0.2, 0.25) is 5.78 Å². The summed E-state index contributed by atoms with van der Waals surface area (Å²) in [5.74, 6) is -0.978. The molecule has 0 unspecified atom stereocenters. The van der Waals surface area contributed by atoms with Crippen LogP contribution in [0.4, 0.5) is 4.39 Å². The molecule has 0 saturated carbocycles. The summed E-state index contributed by atoms with van der Waals surface area (Å²) in [6, 6.07) is 8.54. The van der Waals surface area contributed by atoms with Crippen LogP contribution in [0.2, 0.25) is 5.02 Å². The van der Waals surface area contributed by atoms with Crippen LogP contribution >= 0.6 is 11.6 Å². The molecule has 30 heavy (non-hydrogen) atoms. The Bertz CT molecular complexity index is 1040. The molecule has 0 bridgehead atoms. The smallest absolute Gasteiger partial charge is 0.216 e. The molecule has 2 aromatic rings. The Morgan fingerprint density at radius 3 is 2.40 bits per heavy atom. The van der Waals surface area contributed by atoms with Gasteiger partial charge in [0.1, 0.15) is 23.7 Å². The molecule has 0 heterocycles. The van der Waals surface area contributed by atoms with Crippen LogP contribution in [-0.2, 0) is 0 Å². The van der Waals surface area contributed by atoms with Crippen LogP contribution in [0.1, 0.15) is 34.0 Å². The molecule has 0 aliphatic carbocycles. The molecular weight excluding hydrogens is 401 g/mol. The lowest BCUT2D eigenvalue weighted by Crippen LogP contribution is -2.23. The third-order valence-corrected chi connectivity index (χ3v) is 4.81. The van der Waals surface area contributed by atoms with E-state index in [-0.39, 0.29) is 23.6 Å². The number of hydrogen-bond donors (Lipinski definition) is 0. The van der Waals surface area contributed by atoms with Crippen molar-refractivity contribution in [3.05, 3.63) is 93.9 Å². The minimum absolute atomic E-state index is 0.131. The van der Waals surface area contributed by atoms with Crippen molar-refractivity contribution in [2.45, 2.75) is 20.8 Å². The summed E-state index contributed by atoms with van der Waals surface area (Å²) in [7, 11) is 3.46. The van der Waals surface area contributed by atoms with E-state index in [1.54, 1.807) is 45.0 Å². The van der Waals surface area contributed by atoms with Crippen LogP contribution < -0.4 is 4.74 Å². The van der Waals surface area contributed by atoms with Gasteiger partial charge in [0.25, 0.3) is 0 Å². The summed E-state index contributed by atoms with van der Waals surface area (Å²) in [4.78, 5) is 15.3. The summed E-state index contributed by atoms with van der Waals surface area (Å²) in [6.45, 7) is 13.3. The summed E-state index contributed by atoms with van der Waals surface area (Å²) in [5, 5.41) is 0.493. The van der Waals surface area contributed by atoms with E-state index in [2.05, 4.69) is 13.2 Å². The van der Waals surface area contributed by atoms with Gasteiger partial charge in [0.15, 0.2) is 0 Å². The van der Waals surface area contributed by atoms with E-state index in [1.807, 2.05) is 25.1 Å². The first-order valence-electron chi connectivity index (χ1n) is 9.51. The number of ketones is 1. The van der Waals surface area contributed by atoms with Crippen molar-refractivity contribution in [2.24, 2.45) is 0 Å². The minimum atomic E-state index is -0.644. The standard InChI is InChI=1S/C25H27ClFNO2/c1-8-11-30-21-14-17(5)13-20(27)23(21)25(29)24(28(6)7)22(15(2)3)18-10-9-16(4)12-19(18)26/h8-10,12-14H,1-2,11H2,3-7H3/b24-22+. The number of nitrogens with zero attached hydrogens (tertiary/aromatic N) is 1. The van der Waals surface area contributed by atoms with Gasteiger partial charge < -0.3 is 9.64 Å². The van der Waals surface area contributed by atoms with Gasteiger partial charge in [-0.15, -0.1) is 0 Å². The summed E-state index contributed by atoms with van der Waals surface area (Å²) in [6.07, 6.45) is 1.54. The fraction of sp³-hybridized carbons (Fsp3) is 0.240. The Morgan fingerprint density at radius 2 is 1.87 bits per heavy atom. The molecule has 0 aromatic heterocycles. The Balaban J connectivity index is 2.82. The highest BCUT2D eigenvalue weighted by atomic mass is 35.5. The minimum Gasteiger partial charge on any atom is -0.489 e. The molecule has 0 amide bonds. The number of benzene rings is 2. The molecule has 0 aliphatic rings. The lowest BCUT2D eigenvalue weighted by atomic mass is 9.92. The Hall–Kier alpha value is -2.85. The van der Waals surface area contributed by atoms with Crippen molar-refractivity contribution in [2.75, 3.05) is 20.7 Å². The van der Waals surface area contributed by atoms with Crippen molar-refractivity contribution < 1.29 is 13.9 Å². The molecular formula is C25H27ClFNO2. The van der Waals surface area contributed by atoms with Crippen LogP contribution in [-0.4, -0.2) is 31.4 Å². The fourth-order valence-corrected chi connectivity index (χ4v) is 3.56. The molecule has 2 rings (SSSR count). The van der Waals surface area contributed by atoms with Crippen molar-refractivity contribution >= 4 is 23.0 Å². The molecule has 2 aromatic carbocycles. The Kier molecular flexibility index (Phi) is 7.63. The predicted octanol–water partition coefficient (Wildman–Crippen LogP) is 6.39. The molecule has 0 saturated heterocycles. The second kappa shape index (κ2) is 9.77. The number of rotatable bonds is 8. The van der Waals surface area contributed by atoms with Gasteiger partial charge in [-0.2, -0.15) is 0 Å². The van der Waals surface area contributed by atoms with Crippen molar-refractivity contribution in [1.82, 2.24) is 4.90 Å². The van der Waals surface area contributed by atoms with E-state index in [1.165, 1.54) is 6.07 Å². The Labute approximate surface area is 183 Å². The maximum atomic E-state index is 15.0. The van der Waals surface area contributed by atoms with Crippen LogP contribution in [0, 0.1) is 19.7 Å². The Morgan fingerprint density at radius 1 is 1.20 bits per heavy atom. The quantitative estimate of drug-likeness (QED) is 0.211. The average molecular weight is 428 g/mol. The SMILES string of the molecule is C=CCOc1cc(C)cc(F)c1C(=O)/C(=C(/C(=C)C)c1ccc(C)cc1Cl)N(C)C. The van der Waals surface area contributed by atoms with Crippen LogP contribution in [0.15, 0.2) is 60.8 Å². The topological polar surface area (TPSA) is 29.5 Å². The molecule has 0 fully saturated rings. The predicted molar refractivity (Wildman–Crippen MR) is 123 cm³/mol. The molecule has 158 valence electrons. The van der Waals surface area contributed by atoms with Gasteiger partial charge in [0.05, 0.1) is 5.70 Å². The second-order valence-corrected chi connectivity index (χ2v) is 7.84. The van der Waals surface area contributed by atoms with E-state index >= 15 is 0 Å². The summed E-state index contributed by atoms with van der Waals surface area (Å²) >= 11 is 6.50. The third kappa shape index (κ3) is 5.00. The first-order valence-corrected chi connectivity index (χ1v) is 9.88. The van der Waals surface area contributed by atoms with Crippen LogP contribution in [0.3, 0.4) is 0 Å². The first-order chi connectivity index (χ1) is 14.1. The maximum absolute atomic E-state index is 15.0. The lowest BCUT2D eigenvalue weighted by Gasteiger charge is -2.24. The molecule has 0 N–H and O–H groups in total. The maximum Gasteiger partial charge on any atom is 0.216 e. The fourth-order valence-electron chi connectivity index (χ4n) is 3.23. The van der Waals surface area contributed by atoms with Crippen LogP contribution in [0.5, 0.6) is 5.75 Å². The van der Waals surface area contributed by atoms with Crippen molar-refractivity contribution in [1.29, 1.82) is 0 Å². The number of carbonyl (C=O) groups excluding carboxylic acids is 1. The number of Topliss-reactive ketones (excluding diaryl/α,β-unsaturated/α-hetero) is 1. The van der Waals surface area contributed by atoms with Gasteiger partial charge in [0, 0.05) is 30.3 Å². The van der Waals surface area contributed by atoms with Gasteiger partial charge in [-0.25, -0.2) is 4.39 Å². The number of aryl methyl sites for hydroxylation is 2. The van der Waals surface area contributed by atoms with Gasteiger partial charge in [-0.1, -0.05) is 43.0 Å². The lowest BCUT2D eigenvalue weighted by molar-refractivity contribution is 0.0998. The van der Waals surface area contributed by atoms with Crippen molar-refractivity contribution in [3.63, 3.8) is 0 Å². The highest BCUT2D eigenvalue weighted by Gasteiger charge is 2.28. The van der Waals surface area contributed by atoms with E-state index in [0.717, 1.165) is 5.56 Å². The number of likely N-dealkylation sites (N-methyl/N-ethyl adjacent to an activating group) is 1. The highest BCUT2D eigenvalue weighted by molar-refractivity contribution is 6.33. The van der Waals surface area contributed by atoms with Gasteiger partial charge >= 0.3 is 0 Å². The van der Waals surface area contributed by atoms with Gasteiger partial charge in [-0.3, -0.25) is 4.79 Å². The third-order valence-electron chi connectivity index (χ3n) is 4.50. The van der Waals surface area contributed by atoms with E-state index in [9.17, 15) is 9.18 Å². The number of hydrogen-bond acceptors (Lipinski definition) is 3. The normalized spacial score (nSPS) is 11.6. The monoisotopic (exact) mass is 427 g/mol. The number of halogens is 2. The molecule has 5 heteroatoms. The zero-order valence-corrected chi connectivity index (χ0v) is 18.9. The van der Waals surface area contributed by atoms with E-state index in [0.29, 0.717) is 27.3 Å². The summed E-state index contributed by atoms with van der Waals surface area (Å²) in [5.41, 5.74) is 3.65.